The highest BCUT2D eigenvalue weighted by Gasteiger charge is 2.18. The Morgan fingerprint density at radius 3 is 2.43 bits per heavy atom. The number of nitrogens with zero attached hydrogens (tertiary/aromatic N) is 3. The molecule has 1 aromatic carbocycles. The zero-order valence-corrected chi connectivity index (χ0v) is 15.5. The molecule has 0 aliphatic rings. The largest absolute Gasteiger partial charge is 0.462 e. The van der Waals surface area contributed by atoms with Crippen molar-refractivity contribution in [2.24, 2.45) is 0 Å². The lowest BCUT2D eigenvalue weighted by Crippen LogP contribution is -2.05. The fourth-order valence-corrected chi connectivity index (χ4v) is 1.91. The van der Waals surface area contributed by atoms with Crippen molar-refractivity contribution in [1.29, 1.82) is 5.26 Å². The van der Waals surface area contributed by atoms with Crippen molar-refractivity contribution < 1.29 is 19.4 Å². The van der Waals surface area contributed by atoms with Crippen LogP contribution < -0.4 is 5.32 Å². The van der Waals surface area contributed by atoms with Crippen LogP contribution in [0.4, 0.5) is 17.1 Å². The maximum Gasteiger partial charge on any atom is 0.348 e. The first-order valence-electron chi connectivity index (χ1n) is 8.03. The van der Waals surface area contributed by atoms with E-state index in [1.165, 1.54) is 24.4 Å². The molecular formula is C18H18N4O6. The van der Waals surface area contributed by atoms with Gasteiger partial charge >= 0.3 is 5.97 Å². The fourth-order valence-electron chi connectivity index (χ4n) is 1.91. The minimum atomic E-state index is -0.727. The van der Waals surface area contributed by atoms with Crippen LogP contribution in [0.2, 0.25) is 0 Å². The summed E-state index contributed by atoms with van der Waals surface area (Å²) in [5.41, 5.74) is 0.436. The number of ether oxygens (including phenoxy) is 1. The van der Waals surface area contributed by atoms with Crippen molar-refractivity contribution in [2.75, 3.05) is 11.9 Å². The molecule has 0 saturated carbocycles. The van der Waals surface area contributed by atoms with Crippen molar-refractivity contribution in [3.8, 4) is 6.07 Å². The molecule has 1 aromatic rings. The summed E-state index contributed by atoms with van der Waals surface area (Å²) in [5.74, 6) is -0.727. The molecule has 0 aromatic heterocycles. The van der Waals surface area contributed by atoms with E-state index in [1.807, 2.05) is 0 Å². The summed E-state index contributed by atoms with van der Waals surface area (Å²) < 4.78 is 4.76. The summed E-state index contributed by atoms with van der Waals surface area (Å²) in [5, 5.41) is 33.6. The third-order valence-corrected chi connectivity index (χ3v) is 3.57. The third-order valence-electron chi connectivity index (χ3n) is 3.57. The van der Waals surface area contributed by atoms with E-state index in [-0.39, 0.29) is 23.6 Å². The molecule has 0 fully saturated rings. The summed E-state index contributed by atoms with van der Waals surface area (Å²) in [7, 11) is 0. The van der Waals surface area contributed by atoms with Crippen LogP contribution in [0.5, 0.6) is 0 Å². The van der Waals surface area contributed by atoms with Gasteiger partial charge in [-0.25, -0.2) is 4.79 Å². The van der Waals surface area contributed by atoms with E-state index in [1.54, 1.807) is 26.8 Å². The number of nitro benzene ring substituents is 2. The van der Waals surface area contributed by atoms with E-state index in [0.717, 1.165) is 12.1 Å². The molecule has 1 rings (SSSR count). The molecule has 0 amide bonds. The second-order valence-corrected chi connectivity index (χ2v) is 5.45. The van der Waals surface area contributed by atoms with Crippen molar-refractivity contribution in [3.63, 3.8) is 0 Å². The minimum Gasteiger partial charge on any atom is -0.462 e. The topological polar surface area (TPSA) is 148 Å². The van der Waals surface area contributed by atoms with Gasteiger partial charge < -0.3 is 10.1 Å². The van der Waals surface area contributed by atoms with Gasteiger partial charge in [0.15, 0.2) is 0 Å². The number of nitriles is 1. The zero-order valence-electron chi connectivity index (χ0n) is 15.5. The molecule has 0 unspecified atom stereocenters. The summed E-state index contributed by atoms with van der Waals surface area (Å²) in [6, 6.07) is 5.02. The first-order chi connectivity index (χ1) is 13.2. The highest BCUT2D eigenvalue weighted by molar-refractivity contribution is 5.93. The van der Waals surface area contributed by atoms with E-state index >= 15 is 0 Å². The Bertz CT molecular complexity index is 924. The van der Waals surface area contributed by atoms with E-state index in [9.17, 15) is 25.0 Å². The normalized spacial score (nSPS) is 12.1. The summed E-state index contributed by atoms with van der Waals surface area (Å²) in [6.45, 7) is 5.20. The number of hydrogen-bond acceptors (Lipinski definition) is 8. The van der Waals surface area contributed by atoms with Crippen LogP contribution in [0.15, 0.2) is 53.3 Å². The van der Waals surface area contributed by atoms with Crippen LogP contribution in [0, 0.1) is 31.6 Å². The minimum absolute atomic E-state index is 0.0857. The molecule has 146 valence electrons. The zero-order chi connectivity index (χ0) is 21.3. The maximum absolute atomic E-state index is 11.6. The van der Waals surface area contributed by atoms with Gasteiger partial charge in [0.1, 0.15) is 17.3 Å². The standard InChI is InChI=1S/C18H18N4O6/c1-4-28-18(23)14(10-19)6-5-12(2)13(3)11-20-16-8-7-15(21(24)25)9-17(16)22(26)27/h5-9,11,20H,4H2,1-3H3/b12-5+,13-11+,14-6-. The van der Waals surface area contributed by atoms with E-state index < -0.39 is 21.5 Å². The van der Waals surface area contributed by atoms with E-state index in [4.69, 9.17) is 10.00 Å². The fraction of sp³-hybridized carbons (Fsp3) is 0.222. The van der Waals surface area contributed by atoms with Crippen LogP contribution in [0.3, 0.4) is 0 Å². The lowest BCUT2D eigenvalue weighted by molar-refractivity contribution is -0.393. The molecule has 0 spiro atoms. The Balaban J connectivity index is 3.06. The molecule has 10 nitrogen and oxygen atoms in total. The van der Waals surface area contributed by atoms with Crippen LogP contribution in [0.1, 0.15) is 20.8 Å². The molecule has 0 radical (unpaired) electrons. The van der Waals surface area contributed by atoms with Crippen molar-refractivity contribution >= 4 is 23.0 Å². The van der Waals surface area contributed by atoms with Crippen LogP contribution in [0.25, 0.3) is 0 Å². The molecule has 28 heavy (non-hydrogen) atoms. The monoisotopic (exact) mass is 386 g/mol. The predicted octanol–water partition coefficient (Wildman–Crippen LogP) is 3.78. The number of benzene rings is 1. The van der Waals surface area contributed by atoms with Gasteiger partial charge in [0.2, 0.25) is 0 Å². The van der Waals surface area contributed by atoms with Gasteiger partial charge in [-0.15, -0.1) is 0 Å². The summed E-state index contributed by atoms with van der Waals surface area (Å²) in [6.07, 6.45) is 4.33. The smallest absolute Gasteiger partial charge is 0.348 e. The summed E-state index contributed by atoms with van der Waals surface area (Å²) >= 11 is 0. The van der Waals surface area contributed by atoms with E-state index in [0.29, 0.717) is 11.1 Å². The van der Waals surface area contributed by atoms with Crippen LogP contribution in [-0.2, 0) is 9.53 Å². The maximum atomic E-state index is 11.6. The molecule has 0 heterocycles. The Labute approximate surface area is 160 Å². The number of anilines is 1. The average Bonchev–Trinajstić information content (AvgIpc) is 2.66. The lowest BCUT2D eigenvalue weighted by atomic mass is 10.1. The Hall–Kier alpha value is -4.00. The van der Waals surface area contributed by atoms with Gasteiger partial charge in [-0.1, -0.05) is 6.08 Å². The number of nitro groups is 2. The highest BCUT2D eigenvalue weighted by Crippen LogP contribution is 2.29. The van der Waals surface area contributed by atoms with Crippen molar-refractivity contribution in [2.45, 2.75) is 20.8 Å². The third kappa shape index (κ3) is 6.06. The number of carbonyl (C=O) groups is 1. The van der Waals surface area contributed by atoms with Gasteiger partial charge in [0.05, 0.1) is 22.5 Å². The van der Waals surface area contributed by atoms with Gasteiger partial charge in [-0.05, 0) is 44.1 Å². The SMILES string of the molecule is CCOC(=O)\C(C#N)=C/C=C(C)/C(C)=C/Nc1ccc([N+](=O)[O-])cc1[N+](=O)[O-]. The highest BCUT2D eigenvalue weighted by atomic mass is 16.6. The second-order valence-electron chi connectivity index (χ2n) is 5.45. The number of hydrogen-bond donors (Lipinski definition) is 1. The number of esters is 1. The Kier molecular flexibility index (Phi) is 8.05. The Morgan fingerprint density at radius 1 is 1.21 bits per heavy atom. The van der Waals surface area contributed by atoms with Crippen LogP contribution in [-0.4, -0.2) is 22.4 Å². The molecule has 10 heteroatoms. The average molecular weight is 386 g/mol. The number of carbonyl (C=O) groups excluding carboxylic acids is 1. The van der Waals surface area contributed by atoms with E-state index in [2.05, 4.69) is 5.32 Å². The molecule has 0 atom stereocenters. The van der Waals surface area contributed by atoms with Crippen molar-refractivity contribution in [3.05, 3.63) is 73.5 Å². The first kappa shape index (κ1) is 22.0. The molecule has 0 saturated heterocycles. The number of nitrogens with one attached hydrogen (secondary N) is 1. The first-order valence-corrected chi connectivity index (χ1v) is 8.03. The number of rotatable bonds is 8. The molecule has 0 aliphatic heterocycles. The second kappa shape index (κ2) is 10.2. The van der Waals surface area contributed by atoms with Gasteiger partial charge in [0, 0.05) is 12.3 Å². The quantitative estimate of drug-likeness (QED) is 0.177. The Morgan fingerprint density at radius 2 is 1.89 bits per heavy atom. The molecular weight excluding hydrogens is 368 g/mol. The summed E-state index contributed by atoms with van der Waals surface area (Å²) in [4.78, 5) is 32.0. The van der Waals surface area contributed by atoms with Gasteiger partial charge in [-0.2, -0.15) is 5.26 Å². The molecule has 0 aliphatic carbocycles. The number of allylic oxidation sites excluding steroid dienone is 4. The molecule has 0 bridgehead atoms. The van der Waals surface area contributed by atoms with Crippen molar-refractivity contribution in [1.82, 2.24) is 0 Å². The lowest BCUT2D eigenvalue weighted by Gasteiger charge is -2.05. The van der Waals surface area contributed by atoms with Gasteiger partial charge in [0.25, 0.3) is 11.4 Å². The number of non-ortho nitro benzene ring substituents is 1. The molecule has 1 N–H and O–H groups in total. The predicted molar refractivity (Wildman–Crippen MR) is 101 cm³/mol. The van der Waals surface area contributed by atoms with Gasteiger partial charge in [-0.3, -0.25) is 20.2 Å². The van der Waals surface area contributed by atoms with Crippen LogP contribution >= 0.6 is 0 Å².